The summed E-state index contributed by atoms with van der Waals surface area (Å²) in [6, 6.07) is 0. The maximum Gasteiger partial charge on any atom is 0.188 e. The quantitative estimate of drug-likeness (QED) is 0.0803. The molecule has 0 unspecified atom stereocenters. The van der Waals surface area contributed by atoms with Crippen molar-refractivity contribution in [1.82, 2.24) is 0 Å². The highest BCUT2D eigenvalue weighted by Crippen LogP contribution is 2.50. The van der Waals surface area contributed by atoms with Crippen LogP contribution in [0.2, 0.25) is 0 Å². The second-order valence-corrected chi connectivity index (χ2v) is 19.5. The average molecular weight is 547 g/mol. The Kier molecular flexibility index (Phi) is 22.0. The first-order valence-electron chi connectivity index (χ1n) is 9.79. The molecule has 0 atom stereocenters. The normalized spacial score (nSPS) is 12.6. The predicted octanol–water partition coefficient (Wildman–Crippen LogP) is 7.99. The highest BCUT2D eigenvalue weighted by molar-refractivity contribution is 9.26. The van der Waals surface area contributed by atoms with Crippen molar-refractivity contribution in [3.8, 4) is 0 Å². The van der Waals surface area contributed by atoms with E-state index in [0.29, 0.717) is 26.4 Å². The molecule has 170 valence electrons. The van der Waals surface area contributed by atoms with Crippen LogP contribution in [0.3, 0.4) is 0 Å². The summed E-state index contributed by atoms with van der Waals surface area (Å²) in [5.41, 5.74) is 0. The fourth-order valence-corrected chi connectivity index (χ4v) is 13.9. The third-order valence-electron chi connectivity index (χ3n) is 3.25. The van der Waals surface area contributed by atoms with Gasteiger partial charge < -0.3 is 18.1 Å². The third kappa shape index (κ3) is 17.1. The van der Waals surface area contributed by atoms with Crippen molar-refractivity contribution in [1.29, 1.82) is 0 Å². The summed E-state index contributed by atoms with van der Waals surface area (Å²) >= 11 is 11.1. The topological polar surface area (TPSA) is 36.9 Å². The van der Waals surface area contributed by atoms with Gasteiger partial charge in [-0.3, -0.25) is 0 Å². The molecule has 0 aromatic heterocycles. The first-order chi connectivity index (χ1) is 13.4. The summed E-state index contributed by atoms with van der Waals surface area (Å²) in [6.45, 7) is 6.42. The Labute approximate surface area is 198 Å². The van der Waals surface area contributed by atoms with Gasteiger partial charge in [-0.05, 0) is 96.6 Å². The van der Waals surface area contributed by atoms with Crippen LogP contribution in [0.1, 0.15) is 53.4 Å². The minimum absolute atomic E-state index is 0.641. The van der Waals surface area contributed by atoms with E-state index in [2.05, 4.69) is 0 Å². The minimum Gasteiger partial charge on any atom is -0.330 e. The van der Waals surface area contributed by atoms with Gasteiger partial charge in [0.25, 0.3) is 0 Å². The van der Waals surface area contributed by atoms with Gasteiger partial charge in [-0.15, -0.1) is 0 Å². The van der Waals surface area contributed by atoms with E-state index >= 15 is 0 Å². The molecule has 0 radical (unpaired) electrons. The molecule has 12 heteroatoms. The lowest BCUT2D eigenvalue weighted by Gasteiger charge is -2.20. The highest BCUT2D eigenvalue weighted by atomic mass is 33.7. The van der Waals surface area contributed by atoms with Crippen LogP contribution in [0.4, 0.5) is 0 Å². The molecular weight excluding hydrogens is 511 g/mol. The number of hydrogen-bond donors (Lipinski definition) is 0. The zero-order chi connectivity index (χ0) is 21.1. The highest BCUT2D eigenvalue weighted by Gasteiger charge is 2.17. The van der Waals surface area contributed by atoms with Crippen LogP contribution in [-0.4, -0.2) is 50.3 Å². The molecule has 0 aromatic rings. The molecule has 0 aliphatic heterocycles. The Morgan fingerprint density at radius 1 is 0.571 bits per heavy atom. The van der Waals surface area contributed by atoms with Gasteiger partial charge in [0.05, 0.1) is 26.4 Å². The van der Waals surface area contributed by atoms with Crippen LogP contribution in [0, 0.1) is 0 Å². The van der Waals surface area contributed by atoms with Crippen molar-refractivity contribution < 1.29 is 18.1 Å². The van der Waals surface area contributed by atoms with E-state index in [1.54, 1.807) is 0 Å². The molecule has 0 aliphatic carbocycles. The zero-order valence-corrected chi connectivity index (χ0v) is 24.2. The van der Waals surface area contributed by atoms with Crippen molar-refractivity contribution in [2.75, 3.05) is 50.3 Å². The monoisotopic (exact) mass is 546 g/mol. The summed E-state index contributed by atoms with van der Waals surface area (Å²) in [7, 11) is 7.56. The Hall–Kier alpha value is 2.54. The van der Waals surface area contributed by atoms with E-state index in [0.717, 1.165) is 49.5 Å². The van der Waals surface area contributed by atoms with E-state index < -0.39 is 13.0 Å². The van der Waals surface area contributed by atoms with Gasteiger partial charge >= 0.3 is 0 Å². The van der Waals surface area contributed by atoms with Crippen molar-refractivity contribution >= 4 is 77.8 Å². The SMILES string of the molecule is CCOP(=S)(CCCCSSSSCCCCP(=S)(OCC)OCC)OCC. The third-order valence-corrected chi connectivity index (χ3v) is 16.6. The first-order valence-corrected chi connectivity index (χ1v) is 20.6. The fourth-order valence-electron chi connectivity index (χ4n) is 2.16. The maximum absolute atomic E-state index is 5.67. The van der Waals surface area contributed by atoms with Gasteiger partial charge in [-0.2, -0.15) is 0 Å². The molecule has 0 bridgehead atoms. The van der Waals surface area contributed by atoms with Gasteiger partial charge in [-0.1, -0.05) is 21.6 Å². The van der Waals surface area contributed by atoms with Crippen LogP contribution in [0.15, 0.2) is 0 Å². The molecule has 0 saturated heterocycles. The van der Waals surface area contributed by atoms with Crippen molar-refractivity contribution in [2.45, 2.75) is 53.4 Å². The Morgan fingerprint density at radius 3 is 1.18 bits per heavy atom. The summed E-state index contributed by atoms with van der Waals surface area (Å²) in [4.78, 5) is 0. The van der Waals surface area contributed by atoms with E-state index in [1.165, 1.54) is 0 Å². The van der Waals surface area contributed by atoms with Crippen molar-refractivity contribution in [3.63, 3.8) is 0 Å². The van der Waals surface area contributed by atoms with E-state index in [9.17, 15) is 0 Å². The van der Waals surface area contributed by atoms with E-state index in [1.807, 2.05) is 68.9 Å². The first kappa shape index (κ1) is 30.5. The lowest BCUT2D eigenvalue weighted by Crippen LogP contribution is -2.00. The number of unbranched alkanes of at least 4 members (excludes halogenated alkanes) is 2. The molecule has 0 heterocycles. The molecule has 28 heavy (non-hydrogen) atoms. The fraction of sp³-hybridized carbons (Fsp3) is 1.00. The Balaban J connectivity index is 3.57. The predicted molar refractivity (Wildman–Crippen MR) is 143 cm³/mol. The van der Waals surface area contributed by atoms with Crippen LogP contribution in [0.25, 0.3) is 0 Å². The molecule has 0 N–H and O–H groups in total. The second-order valence-electron chi connectivity index (χ2n) is 5.53. The summed E-state index contributed by atoms with van der Waals surface area (Å²) in [5, 5.41) is 0. The average Bonchev–Trinajstić information content (AvgIpc) is 2.63. The maximum atomic E-state index is 5.67. The lowest BCUT2D eigenvalue weighted by atomic mass is 10.4. The lowest BCUT2D eigenvalue weighted by molar-refractivity contribution is 0.265. The molecule has 0 rings (SSSR count). The number of hydrogen-bond acceptors (Lipinski definition) is 10. The summed E-state index contributed by atoms with van der Waals surface area (Å²) in [6.07, 6.45) is 6.23. The smallest absolute Gasteiger partial charge is 0.188 e. The second kappa shape index (κ2) is 20.2. The van der Waals surface area contributed by atoms with Crippen LogP contribution in [-0.2, 0) is 41.7 Å². The van der Waals surface area contributed by atoms with Crippen molar-refractivity contribution in [2.24, 2.45) is 0 Å². The van der Waals surface area contributed by atoms with Crippen molar-refractivity contribution in [3.05, 3.63) is 0 Å². The number of rotatable bonds is 21. The summed E-state index contributed by atoms with van der Waals surface area (Å²) < 4.78 is 22.7. The molecule has 0 spiro atoms. The molecule has 0 aromatic carbocycles. The van der Waals surface area contributed by atoms with Gasteiger partial charge in [0, 0.05) is 23.8 Å². The van der Waals surface area contributed by atoms with Gasteiger partial charge in [-0.25, -0.2) is 0 Å². The molecule has 0 saturated carbocycles. The minimum atomic E-state index is -2.03. The van der Waals surface area contributed by atoms with E-state index in [4.69, 9.17) is 41.7 Å². The van der Waals surface area contributed by atoms with Crippen LogP contribution >= 0.6 is 54.2 Å². The van der Waals surface area contributed by atoms with Gasteiger partial charge in [0.1, 0.15) is 0 Å². The van der Waals surface area contributed by atoms with Gasteiger partial charge in [0.15, 0.2) is 13.0 Å². The Morgan fingerprint density at radius 2 is 0.893 bits per heavy atom. The molecule has 4 nitrogen and oxygen atoms in total. The van der Waals surface area contributed by atoms with E-state index in [-0.39, 0.29) is 0 Å². The Bertz CT molecular complexity index is 399. The molecule has 0 fully saturated rings. The molecule has 0 aliphatic rings. The molecular formula is C16H36O4P2S6. The molecule has 0 amide bonds. The largest absolute Gasteiger partial charge is 0.330 e. The standard InChI is InChI=1S/C16H36O4P2S6/c1-5-17-21(23,18-6-2)13-9-11-15-25-27-28-26-16-12-10-14-22(24,19-7-3)20-8-4/h5-16H2,1-4H3. The van der Waals surface area contributed by atoms with Gasteiger partial charge in [0.2, 0.25) is 0 Å². The van der Waals surface area contributed by atoms with Crippen LogP contribution in [0.5, 0.6) is 0 Å². The zero-order valence-electron chi connectivity index (χ0n) is 17.5. The van der Waals surface area contributed by atoms with Crippen LogP contribution < -0.4 is 0 Å². The summed E-state index contributed by atoms with van der Waals surface area (Å²) in [5.74, 6) is 2.27.